The molecule has 0 fully saturated rings. The molecule has 2 aromatic carbocycles. The van der Waals surface area contributed by atoms with Gasteiger partial charge in [0.25, 0.3) is 0 Å². The lowest BCUT2D eigenvalue weighted by atomic mass is 9.94. The fourth-order valence-corrected chi connectivity index (χ4v) is 2.73. The number of aryl methyl sites for hydroxylation is 2. The second-order valence-corrected chi connectivity index (χ2v) is 5.65. The first kappa shape index (κ1) is 14.6. The van der Waals surface area contributed by atoms with Gasteiger partial charge in [-0.25, -0.2) is 0 Å². The van der Waals surface area contributed by atoms with Gasteiger partial charge in [-0.05, 0) is 42.2 Å². The number of hydrogen-bond donors (Lipinski definition) is 2. The van der Waals surface area contributed by atoms with E-state index in [0.29, 0.717) is 13.0 Å². The molecule has 1 atom stereocenters. The maximum Gasteiger partial charge on any atom is 0.224 e. The Morgan fingerprint density at radius 2 is 2.00 bits per heavy atom. The number of nitrogens with two attached hydrogens (primary N) is 1. The Hall–Kier alpha value is -2.33. The van der Waals surface area contributed by atoms with E-state index >= 15 is 0 Å². The van der Waals surface area contributed by atoms with Gasteiger partial charge in [-0.1, -0.05) is 30.3 Å². The number of carbonyl (C=O) groups is 1. The molecule has 22 heavy (non-hydrogen) atoms. The van der Waals surface area contributed by atoms with Gasteiger partial charge in [-0.2, -0.15) is 0 Å². The van der Waals surface area contributed by atoms with Crippen molar-refractivity contribution in [2.24, 2.45) is 5.73 Å². The van der Waals surface area contributed by atoms with E-state index in [1.54, 1.807) is 0 Å². The molecule has 1 heterocycles. The lowest BCUT2D eigenvalue weighted by molar-refractivity contribution is -0.116. The Kier molecular flexibility index (Phi) is 4.11. The van der Waals surface area contributed by atoms with Crippen LogP contribution < -0.4 is 15.8 Å². The van der Waals surface area contributed by atoms with E-state index in [1.165, 1.54) is 0 Å². The van der Waals surface area contributed by atoms with E-state index in [-0.39, 0.29) is 11.9 Å². The van der Waals surface area contributed by atoms with Crippen LogP contribution in [0, 0.1) is 6.92 Å². The Morgan fingerprint density at radius 1 is 1.23 bits per heavy atom. The third kappa shape index (κ3) is 3.12. The van der Waals surface area contributed by atoms with E-state index in [9.17, 15) is 4.79 Å². The zero-order valence-corrected chi connectivity index (χ0v) is 12.6. The molecule has 0 saturated heterocycles. The van der Waals surface area contributed by atoms with Crippen LogP contribution >= 0.6 is 0 Å². The average Bonchev–Trinajstić information content (AvgIpc) is 2.54. The van der Waals surface area contributed by atoms with Gasteiger partial charge in [0.15, 0.2) is 0 Å². The summed E-state index contributed by atoms with van der Waals surface area (Å²) in [5.41, 5.74) is 10.5. The van der Waals surface area contributed by atoms with Crippen LogP contribution in [0.1, 0.15) is 29.2 Å². The Morgan fingerprint density at radius 3 is 2.77 bits per heavy atom. The summed E-state index contributed by atoms with van der Waals surface area (Å²) in [6, 6.07) is 13.6. The minimum Gasteiger partial charge on any atom is -0.492 e. The Bertz CT molecular complexity index is 683. The summed E-state index contributed by atoms with van der Waals surface area (Å²) in [6.45, 7) is 2.42. The van der Waals surface area contributed by atoms with Crippen LogP contribution in [-0.4, -0.2) is 12.5 Å². The van der Waals surface area contributed by atoms with E-state index in [1.807, 2.05) is 43.3 Å². The molecule has 0 bridgehead atoms. The fourth-order valence-electron chi connectivity index (χ4n) is 2.73. The van der Waals surface area contributed by atoms with Gasteiger partial charge in [0.05, 0.1) is 6.04 Å². The first-order valence-electron chi connectivity index (χ1n) is 7.50. The van der Waals surface area contributed by atoms with Gasteiger partial charge in [0, 0.05) is 12.1 Å². The van der Waals surface area contributed by atoms with Crippen molar-refractivity contribution < 1.29 is 9.53 Å². The van der Waals surface area contributed by atoms with Crippen molar-refractivity contribution in [3.63, 3.8) is 0 Å². The lowest BCUT2D eigenvalue weighted by Gasteiger charge is -2.22. The summed E-state index contributed by atoms with van der Waals surface area (Å²) < 4.78 is 5.73. The summed E-state index contributed by atoms with van der Waals surface area (Å²) >= 11 is 0. The number of para-hydroxylation sites is 1. The number of benzene rings is 2. The first-order chi connectivity index (χ1) is 10.6. The number of hydrogen-bond acceptors (Lipinski definition) is 3. The SMILES string of the molecule is Cc1cc(C(N)COc2ccccc2)cc2c1NC(=O)CC2. The van der Waals surface area contributed by atoms with E-state index in [0.717, 1.165) is 34.5 Å². The van der Waals surface area contributed by atoms with Crippen molar-refractivity contribution in [3.05, 3.63) is 59.2 Å². The van der Waals surface area contributed by atoms with Crippen LogP contribution in [0.4, 0.5) is 5.69 Å². The van der Waals surface area contributed by atoms with Gasteiger partial charge in [0.2, 0.25) is 5.91 Å². The summed E-state index contributed by atoms with van der Waals surface area (Å²) in [4.78, 5) is 11.5. The fraction of sp³-hybridized carbons (Fsp3) is 0.278. The highest BCUT2D eigenvalue weighted by Gasteiger charge is 2.19. The topological polar surface area (TPSA) is 64.3 Å². The van der Waals surface area contributed by atoms with Crippen LogP contribution in [0.25, 0.3) is 0 Å². The van der Waals surface area contributed by atoms with Gasteiger partial charge in [-0.15, -0.1) is 0 Å². The molecule has 2 aromatic rings. The summed E-state index contributed by atoms with van der Waals surface area (Å²) in [6.07, 6.45) is 1.30. The van der Waals surface area contributed by atoms with Crippen molar-refractivity contribution in [1.82, 2.24) is 0 Å². The second kappa shape index (κ2) is 6.20. The molecule has 0 aliphatic carbocycles. The standard InChI is InChI=1S/C18H20N2O2/c1-12-9-14(10-13-7-8-17(21)20-18(12)13)16(19)11-22-15-5-3-2-4-6-15/h2-6,9-10,16H,7-8,11,19H2,1H3,(H,20,21). The molecular formula is C18H20N2O2. The number of nitrogens with one attached hydrogen (secondary N) is 1. The third-order valence-corrected chi connectivity index (χ3v) is 3.93. The molecule has 3 N–H and O–H groups in total. The molecule has 1 aliphatic rings. The van der Waals surface area contributed by atoms with E-state index < -0.39 is 0 Å². The summed E-state index contributed by atoms with van der Waals surface area (Å²) in [5.74, 6) is 0.903. The molecule has 4 nitrogen and oxygen atoms in total. The van der Waals surface area contributed by atoms with Crippen molar-refractivity contribution in [3.8, 4) is 5.75 Å². The van der Waals surface area contributed by atoms with Crippen molar-refractivity contribution in [2.75, 3.05) is 11.9 Å². The molecule has 4 heteroatoms. The third-order valence-electron chi connectivity index (χ3n) is 3.93. The summed E-state index contributed by atoms with van der Waals surface area (Å²) in [7, 11) is 0. The number of amides is 1. The van der Waals surface area contributed by atoms with Gasteiger partial charge in [0.1, 0.15) is 12.4 Å². The lowest BCUT2D eigenvalue weighted by Crippen LogP contribution is -2.23. The number of rotatable bonds is 4. The molecule has 1 unspecified atom stereocenters. The zero-order valence-electron chi connectivity index (χ0n) is 12.6. The van der Waals surface area contributed by atoms with Gasteiger partial charge < -0.3 is 15.8 Å². The van der Waals surface area contributed by atoms with Crippen molar-refractivity contribution in [2.45, 2.75) is 25.8 Å². The molecule has 114 valence electrons. The van der Waals surface area contributed by atoms with Crippen molar-refractivity contribution in [1.29, 1.82) is 0 Å². The molecule has 3 rings (SSSR count). The molecular weight excluding hydrogens is 276 g/mol. The quantitative estimate of drug-likeness (QED) is 0.911. The number of carbonyl (C=O) groups excluding carboxylic acids is 1. The smallest absolute Gasteiger partial charge is 0.224 e. The van der Waals surface area contributed by atoms with Crippen LogP contribution in [0.2, 0.25) is 0 Å². The van der Waals surface area contributed by atoms with Crippen LogP contribution in [0.15, 0.2) is 42.5 Å². The minimum atomic E-state index is -0.193. The van der Waals surface area contributed by atoms with Crippen LogP contribution in [0.5, 0.6) is 5.75 Å². The van der Waals surface area contributed by atoms with Crippen molar-refractivity contribution >= 4 is 11.6 Å². The Balaban J connectivity index is 1.74. The van der Waals surface area contributed by atoms with Gasteiger partial charge >= 0.3 is 0 Å². The number of ether oxygens (including phenoxy) is 1. The monoisotopic (exact) mass is 296 g/mol. The molecule has 0 spiro atoms. The van der Waals surface area contributed by atoms with Crippen LogP contribution in [0.3, 0.4) is 0 Å². The molecule has 1 aliphatic heterocycles. The maximum absolute atomic E-state index is 11.5. The number of anilines is 1. The highest BCUT2D eigenvalue weighted by molar-refractivity contribution is 5.94. The zero-order chi connectivity index (χ0) is 15.5. The first-order valence-corrected chi connectivity index (χ1v) is 7.50. The molecule has 1 amide bonds. The predicted octanol–water partition coefficient (Wildman–Crippen LogP) is 2.96. The highest BCUT2D eigenvalue weighted by Crippen LogP contribution is 2.29. The minimum absolute atomic E-state index is 0.0834. The van der Waals surface area contributed by atoms with E-state index in [2.05, 4.69) is 11.4 Å². The molecule has 0 saturated carbocycles. The number of fused-ring (bicyclic) bond motifs is 1. The van der Waals surface area contributed by atoms with Crippen LogP contribution in [-0.2, 0) is 11.2 Å². The predicted molar refractivity (Wildman–Crippen MR) is 87.0 cm³/mol. The molecule has 0 radical (unpaired) electrons. The second-order valence-electron chi connectivity index (χ2n) is 5.65. The maximum atomic E-state index is 11.5. The largest absolute Gasteiger partial charge is 0.492 e. The summed E-state index contributed by atoms with van der Waals surface area (Å²) in [5, 5.41) is 2.94. The molecule has 0 aromatic heterocycles. The van der Waals surface area contributed by atoms with Gasteiger partial charge in [-0.3, -0.25) is 4.79 Å². The highest BCUT2D eigenvalue weighted by atomic mass is 16.5. The van der Waals surface area contributed by atoms with E-state index in [4.69, 9.17) is 10.5 Å². The Labute approximate surface area is 130 Å². The average molecular weight is 296 g/mol. The normalized spacial score (nSPS) is 14.9.